The summed E-state index contributed by atoms with van der Waals surface area (Å²) in [6.07, 6.45) is 4.83. The first-order chi connectivity index (χ1) is 13.2. The molecule has 0 unspecified atom stereocenters. The van der Waals surface area contributed by atoms with Gasteiger partial charge in [0, 0.05) is 61.9 Å². The number of allylic oxidation sites excluding steroid dienone is 1. The molecule has 0 spiro atoms. The Morgan fingerprint density at radius 3 is 2.59 bits per heavy atom. The Morgan fingerprint density at radius 1 is 1.19 bits per heavy atom. The van der Waals surface area contributed by atoms with Crippen LogP contribution in [0, 0.1) is 11.3 Å². The molecule has 2 aromatic rings. The number of hydrogen-bond donors (Lipinski definition) is 2. The van der Waals surface area contributed by atoms with E-state index in [9.17, 15) is 0 Å². The maximum atomic E-state index is 8.71. The van der Waals surface area contributed by atoms with Crippen LogP contribution in [-0.4, -0.2) is 54.6 Å². The average molecular weight is 363 g/mol. The topological polar surface area (TPSA) is 80.1 Å². The van der Waals surface area contributed by atoms with Crippen LogP contribution < -0.4 is 15.5 Å². The zero-order chi connectivity index (χ0) is 19.1. The highest BCUT2D eigenvalue weighted by molar-refractivity contribution is 5.66. The van der Waals surface area contributed by atoms with Gasteiger partial charge >= 0.3 is 0 Å². The van der Waals surface area contributed by atoms with E-state index in [2.05, 4.69) is 49.6 Å². The summed E-state index contributed by atoms with van der Waals surface area (Å²) in [5.74, 6) is 1.22. The molecule has 1 aliphatic heterocycles. The highest BCUT2D eigenvalue weighted by Gasteiger charge is 2.14. The molecule has 0 saturated carbocycles. The fourth-order valence-electron chi connectivity index (χ4n) is 2.96. The predicted octanol–water partition coefficient (Wildman–Crippen LogP) is 2.94. The molecule has 27 heavy (non-hydrogen) atoms. The van der Waals surface area contributed by atoms with Gasteiger partial charge in [0.2, 0.25) is 5.95 Å². The van der Waals surface area contributed by atoms with Crippen molar-refractivity contribution >= 4 is 29.2 Å². The van der Waals surface area contributed by atoms with Gasteiger partial charge in [-0.3, -0.25) is 0 Å². The third-order valence-corrected chi connectivity index (χ3v) is 4.49. The van der Waals surface area contributed by atoms with E-state index in [0.717, 1.165) is 44.0 Å². The van der Waals surface area contributed by atoms with E-state index in [1.807, 2.05) is 25.1 Å². The third-order valence-electron chi connectivity index (χ3n) is 4.49. The van der Waals surface area contributed by atoms with E-state index in [-0.39, 0.29) is 0 Å². The van der Waals surface area contributed by atoms with Crippen molar-refractivity contribution in [3.8, 4) is 6.07 Å². The quantitative estimate of drug-likeness (QED) is 0.764. The van der Waals surface area contributed by atoms with Crippen molar-refractivity contribution in [2.45, 2.75) is 6.92 Å². The third kappa shape index (κ3) is 4.96. The number of rotatable bonds is 6. The summed E-state index contributed by atoms with van der Waals surface area (Å²) in [6.45, 7) is 7.03. The molecule has 2 N–H and O–H groups in total. The van der Waals surface area contributed by atoms with E-state index in [1.165, 1.54) is 11.8 Å². The van der Waals surface area contributed by atoms with Gasteiger partial charge in [-0.1, -0.05) is 0 Å². The highest BCUT2D eigenvalue weighted by atomic mass is 15.2. The van der Waals surface area contributed by atoms with Crippen molar-refractivity contribution in [2.75, 3.05) is 55.3 Å². The number of nitrogens with one attached hydrogen (secondary N) is 2. The molecule has 0 atom stereocenters. The molecule has 140 valence electrons. The van der Waals surface area contributed by atoms with Crippen LogP contribution in [0.15, 0.2) is 36.5 Å². The number of hydrogen-bond acceptors (Lipinski definition) is 7. The molecular weight excluding hydrogens is 338 g/mol. The van der Waals surface area contributed by atoms with Gasteiger partial charge in [-0.2, -0.15) is 10.2 Å². The second-order valence-corrected chi connectivity index (χ2v) is 6.45. The van der Waals surface area contributed by atoms with Gasteiger partial charge in [0.05, 0.1) is 6.07 Å². The minimum absolute atomic E-state index is 0.521. The van der Waals surface area contributed by atoms with Gasteiger partial charge in [0.1, 0.15) is 5.82 Å². The fraction of sp³-hybridized carbons (Fsp3) is 0.350. The molecule has 0 radical (unpaired) electrons. The standard InChI is InChI=1S/C20H25N7/c1-3-22-19-16(5-4-10-21)15-23-20(25-19)24-17-6-8-18(9-7-17)27-13-11-26(2)12-14-27/h4-9,15H,3,11-14H2,1-2H3,(H2,22,23,24,25)/b5-4+. The smallest absolute Gasteiger partial charge is 0.229 e. The summed E-state index contributed by atoms with van der Waals surface area (Å²) in [5.41, 5.74) is 2.96. The van der Waals surface area contributed by atoms with Crippen molar-refractivity contribution in [1.82, 2.24) is 14.9 Å². The largest absolute Gasteiger partial charge is 0.370 e. The van der Waals surface area contributed by atoms with Gasteiger partial charge in [-0.15, -0.1) is 0 Å². The van der Waals surface area contributed by atoms with Crippen LogP contribution in [0.1, 0.15) is 12.5 Å². The Balaban J connectivity index is 1.70. The molecule has 1 aliphatic rings. The van der Waals surface area contributed by atoms with Crippen molar-refractivity contribution in [2.24, 2.45) is 0 Å². The highest BCUT2D eigenvalue weighted by Crippen LogP contribution is 2.22. The lowest BCUT2D eigenvalue weighted by molar-refractivity contribution is 0.313. The van der Waals surface area contributed by atoms with E-state index in [0.29, 0.717) is 11.8 Å². The van der Waals surface area contributed by atoms with Crippen LogP contribution in [0.25, 0.3) is 6.08 Å². The maximum absolute atomic E-state index is 8.71. The first-order valence-corrected chi connectivity index (χ1v) is 9.17. The number of nitriles is 1. The summed E-state index contributed by atoms with van der Waals surface area (Å²) in [5, 5.41) is 15.2. The van der Waals surface area contributed by atoms with Crippen molar-refractivity contribution < 1.29 is 0 Å². The molecule has 0 bridgehead atoms. The first-order valence-electron chi connectivity index (χ1n) is 9.17. The van der Waals surface area contributed by atoms with E-state index < -0.39 is 0 Å². The van der Waals surface area contributed by atoms with Gasteiger partial charge in [-0.05, 0) is 44.3 Å². The van der Waals surface area contributed by atoms with Crippen LogP contribution >= 0.6 is 0 Å². The first kappa shape index (κ1) is 18.7. The van der Waals surface area contributed by atoms with E-state index >= 15 is 0 Å². The summed E-state index contributed by atoms with van der Waals surface area (Å²) in [6, 6.07) is 10.3. The van der Waals surface area contributed by atoms with Crippen LogP contribution in [0.4, 0.5) is 23.1 Å². The molecule has 2 heterocycles. The molecular formula is C20H25N7. The van der Waals surface area contributed by atoms with Crippen LogP contribution in [0.3, 0.4) is 0 Å². The molecule has 3 rings (SSSR count). The Morgan fingerprint density at radius 2 is 1.93 bits per heavy atom. The summed E-state index contributed by atoms with van der Waals surface area (Å²) >= 11 is 0. The van der Waals surface area contributed by atoms with Crippen molar-refractivity contribution in [3.05, 3.63) is 42.1 Å². The van der Waals surface area contributed by atoms with E-state index in [1.54, 1.807) is 12.3 Å². The SMILES string of the molecule is CCNc1nc(Nc2ccc(N3CCN(C)CC3)cc2)ncc1/C=C/C#N. The molecule has 0 amide bonds. The second kappa shape index (κ2) is 9.01. The molecule has 1 aromatic heterocycles. The van der Waals surface area contributed by atoms with E-state index in [4.69, 9.17) is 5.26 Å². The normalized spacial score (nSPS) is 14.9. The lowest BCUT2D eigenvalue weighted by Gasteiger charge is -2.34. The molecule has 0 aliphatic carbocycles. The van der Waals surface area contributed by atoms with Gasteiger partial charge in [0.25, 0.3) is 0 Å². The lowest BCUT2D eigenvalue weighted by Crippen LogP contribution is -2.44. The van der Waals surface area contributed by atoms with Gasteiger partial charge in [0.15, 0.2) is 0 Å². The number of aromatic nitrogens is 2. The maximum Gasteiger partial charge on any atom is 0.229 e. The van der Waals surface area contributed by atoms with Crippen molar-refractivity contribution in [3.63, 3.8) is 0 Å². The Bertz CT molecular complexity index is 815. The molecule has 1 saturated heterocycles. The van der Waals surface area contributed by atoms with Crippen LogP contribution in [0.2, 0.25) is 0 Å². The van der Waals surface area contributed by atoms with Crippen LogP contribution in [-0.2, 0) is 0 Å². The van der Waals surface area contributed by atoms with Gasteiger partial charge < -0.3 is 20.4 Å². The Kier molecular flexibility index (Phi) is 6.23. The van der Waals surface area contributed by atoms with Crippen LogP contribution in [0.5, 0.6) is 0 Å². The van der Waals surface area contributed by atoms with Crippen molar-refractivity contribution in [1.29, 1.82) is 5.26 Å². The number of benzene rings is 1. The number of anilines is 4. The zero-order valence-electron chi connectivity index (χ0n) is 15.8. The number of piperazine rings is 1. The molecule has 7 nitrogen and oxygen atoms in total. The summed E-state index contributed by atoms with van der Waals surface area (Å²) < 4.78 is 0. The minimum atomic E-state index is 0.521. The molecule has 1 fully saturated rings. The van der Waals surface area contributed by atoms with Gasteiger partial charge in [-0.25, -0.2) is 4.98 Å². The predicted molar refractivity (Wildman–Crippen MR) is 110 cm³/mol. The lowest BCUT2D eigenvalue weighted by atomic mass is 10.2. The zero-order valence-corrected chi connectivity index (χ0v) is 15.8. The monoisotopic (exact) mass is 363 g/mol. The second-order valence-electron chi connectivity index (χ2n) is 6.45. The molecule has 7 heteroatoms. The average Bonchev–Trinajstić information content (AvgIpc) is 2.69. The Labute approximate surface area is 160 Å². The number of nitrogens with zero attached hydrogens (tertiary/aromatic N) is 5. The summed E-state index contributed by atoms with van der Waals surface area (Å²) in [4.78, 5) is 13.6. The Hall–Kier alpha value is -3.11. The number of likely N-dealkylation sites (N-methyl/N-ethyl adjacent to an activating group) is 1. The minimum Gasteiger partial charge on any atom is -0.370 e. The fourth-order valence-corrected chi connectivity index (χ4v) is 2.96. The summed E-state index contributed by atoms with van der Waals surface area (Å²) in [7, 11) is 2.16. The molecule has 1 aromatic carbocycles.